The highest BCUT2D eigenvalue weighted by atomic mass is 127. The molecule has 1 amide bonds. The lowest BCUT2D eigenvalue weighted by Gasteiger charge is -2.11. The van der Waals surface area contributed by atoms with E-state index in [-0.39, 0.29) is 5.91 Å². The number of carbonyl (C=O) groups is 1. The number of nitrogens with one attached hydrogen (secondary N) is 1. The van der Waals surface area contributed by atoms with Gasteiger partial charge in [0.25, 0.3) is 5.91 Å². The van der Waals surface area contributed by atoms with Crippen LogP contribution in [0.2, 0.25) is 10.0 Å². The van der Waals surface area contributed by atoms with Gasteiger partial charge in [0.1, 0.15) is 12.4 Å². The number of thioether (sulfide) groups is 1. The normalized spacial score (nSPS) is 15.9. The molecule has 0 saturated carbocycles. The molecular formula is C23H14Cl2I2N2O2S. The van der Waals surface area contributed by atoms with E-state index in [1.807, 2.05) is 48.5 Å². The van der Waals surface area contributed by atoms with E-state index in [0.29, 0.717) is 32.4 Å². The Morgan fingerprint density at radius 2 is 1.75 bits per heavy atom. The molecule has 1 saturated heterocycles. The molecule has 0 spiro atoms. The van der Waals surface area contributed by atoms with Crippen LogP contribution in [0.4, 0.5) is 5.69 Å². The van der Waals surface area contributed by atoms with Crippen LogP contribution >= 0.6 is 80.1 Å². The maximum absolute atomic E-state index is 12.5. The van der Waals surface area contributed by atoms with Crippen LogP contribution in [-0.2, 0) is 11.4 Å². The van der Waals surface area contributed by atoms with Gasteiger partial charge in [0, 0.05) is 0 Å². The minimum absolute atomic E-state index is 0.207. The molecule has 0 unspecified atom stereocenters. The first-order chi connectivity index (χ1) is 15.4. The molecule has 9 heteroatoms. The van der Waals surface area contributed by atoms with Crippen molar-refractivity contribution in [3.63, 3.8) is 0 Å². The van der Waals surface area contributed by atoms with Crippen LogP contribution in [0.15, 0.2) is 70.6 Å². The molecule has 1 N–H and O–H groups in total. The molecule has 1 fully saturated rings. The quantitative estimate of drug-likeness (QED) is 0.219. The number of carbonyl (C=O) groups excluding carboxylic acids is 1. The number of hydrogen-bond acceptors (Lipinski definition) is 4. The lowest BCUT2D eigenvalue weighted by Crippen LogP contribution is -2.19. The van der Waals surface area contributed by atoms with E-state index in [4.69, 9.17) is 27.9 Å². The number of rotatable bonds is 5. The summed E-state index contributed by atoms with van der Waals surface area (Å²) in [5.74, 6) is 0.625. The molecule has 3 aromatic carbocycles. The molecule has 0 aromatic heterocycles. The van der Waals surface area contributed by atoms with Gasteiger partial charge in [-0.3, -0.25) is 4.79 Å². The Morgan fingerprint density at radius 3 is 2.47 bits per heavy atom. The van der Waals surface area contributed by atoms with Crippen LogP contribution < -0.4 is 10.1 Å². The molecule has 0 aliphatic carbocycles. The van der Waals surface area contributed by atoms with Crippen molar-refractivity contribution in [3.05, 3.63) is 93.9 Å². The molecule has 162 valence electrons. The molecule has 4 nitrogen and oxygen atoms in total. The first kappa shape index (κ1) is 23.9. The number of amidine groups is 1. The summed E-state index contributed by atoms with van der Waals surface area (Å²) in [5, 5.41) is 4.00. The van der Waals surface area contributed by atoms with E-state index >= 15 is 0 Å². The molecule has 0 radical (unpaired) electrons. The van der Waals surface area contributed by atoms with Crippen LogP contribution in [0, 0.1) is 7.14 Å². The van der Waals surface area contributed by atoms with Crippen molar-refractivity contribution >= 4 is 103 Å². The van der Waals surface area contributed by atoms with E-state index < -0.39 is 0 Å². The number of halogens is 4. The van der Waals surface area contributed by atoms with E-state index in [9.17, 15) is 4.79 Å². The van der Waals surface area contributed by atoms with Gasteiger partial charge >= 0.3 is 0 Å². The second-order valence-corrected chi connectivity index (χ2v) is 10.8. The van der Waals surface area contributed by atoms with Crippen molar-refractivity contribution in [2.45, 2.75) is 6.61 Å². The third-order valence-electron chi connectivity index (χ3n) is 4.35. The van der Waals surface area contributed by atoms with Gasteiger partial charge in [0.15, 0.2) is 5.17 Å². The molecule has 32 heavy (non-hydrogen) atoms. The summed E-state index contributed by atoms with van der Waals surface area (Å²) in [6, 6.07) is 19.2. The van der Waals surface area contributed by atoms with Gasteiger partial charge < -0.3 is 10.1 Å². The molecule has 0 bridgehead atoms. The van der Waals surface area contributed by atoms with Crippen molar-refractivity contribution in [2.24, 2.45) is 4.99 Å². The van der Waals surface area contributed by atoms with Gasteiger partial charge in [-0.1, -0.05) is 59.6 Å². The Morgan fingerprint density at radius 1 is 1.03 bits per heavy atom. The average Bonchev–Trinajstić information content (AvgIpc) is 3.10. The SMILES string of the molecule is O=C1NC(=Nc2cccc(Cl)c2Cl)S/C1=C\c1cc(I)c(OCc2ccccc2)c(I)c1. The van der Waals surface area contributed by atoms with Gasteiger partial charge in [-0.05, 0) is 98.4 Å². The van der Waals surface area contributed by atoms with Crippen LogP contribution in [0.1, 0.15) is 11.1 Å². The zero-order valence-electron chi connectivity index (χ0n) is 16.2. The minimum Gasteiger partial charge on any atom is -0.487 e. The second kappa shape index (κ2) is 10.8. The minimum atomic E-state index is -0.207. The maximum atomic E-state index is 12.5. The molecule has 4 rings (SSSR count). The Hall–Kier alpha value is -1.27. The zero-order chi connectivity index (χ0) is 22.7. The van der Waals surface area contributed by atoms with E-state index in [2.05, 4.69) is 55.5 Å². The number of benzene rings is 3. The largest absolute Gasteiger partial charge is 0.487 e. The number of aliphatic imine (C=N–C) groups is 1. The lowest BCUT2D eigenvalue weighted by molar-refractivity contribution is -0.115. The summed E-state index contributed by atoms with van der Waals surface area (Å²) in [5.41, 5.74) is 2.52. The monoisotopic (exact) mass is 706 g/mol. The van der Waals surface area contributed by atoms with Crippen LogP contribution in [0.3, 0.4) is 0 Å². The summed E-state index contributed by atoms with van der Waals surface area (Å²) < 4.78 is 7.99. The maximum Gasteiger partial charge on any atom is 0.264 e. The summed E-state index contributed by atoms with van der Waals surface area (Å²) in [7, 11) is 0. The van der Waals surface area contributed by atoms with Crippen molar-refractivity contribution in [1.29, 1.82) is 0 Å². The molecule has 1 heterocycles. The van der Waals surface area contributed by atoms with Gasteiger partial charge in [-0.2, -0.15) is 0 Å². The van der Waals surface area contributed by atoms with Crippen molar-refractivity contribution in [3.8, 4) is 5.75 Å². The van der Waals surface area contributed by atoms with Gasteiger partial charge in [0.2, 0.25) is 0 Å². The third kappa shape index (κ3) is 5.80. The van der Waals surface area contributed by atoms with E-state index in [1.54, 1.807) is 18.2 Å². The zero-order valence-corrected chi connectivity index (χ0v) is 22.9. The van der Waals surface area contributed by atoms with E-state index in [1.165, 1.54) is 11.8 Å². The lowest BCUT2D eigenvalue weighted by atomic mass is 10.2. The fourth-order valence-corrected chi connectivity index (χ4v) is 6.15. The predicted octanol–water partition coefficient (Wildman–Crippen LogP) is 7.67. The third-order valence-corrected chi connectivity index (χ3v) is 7.67. The molecule has 1 aliphatic rings. The van der Waals surface area contributed by atoms with Crippen LogP contribution in [0.25, 0.3) is 6.08 Å². The van der Waals surface area contributed by atoms with Crippen molar-refractivity contribution in [2.75, 3.05) is 0 Å². The highest BCUT2D eigenvalue weighted by molar-refractivity contribution is 14.1. The molecule has 3 aromatic rings. The van der Waals surface area contributed by atoms with Crippen LogP contribution in [-0.4, -0.2) is 11.1 Å². The Balaban J connectivity index is 1.52. The highest BCUT2D eigenvalue weighted by Gasteiger charge is 2.24. The molecular weight excluding hydrogens is 693 g/mol. The predicted molar refractivity (Wildman–Crippen MR) is 150 cm³/mol. The van der Waals surface area contributed by atoms with Crippen molar-refractivity contribution in [1.82, 2.24) is 5.32 Å². The summed E-state index contributed by atoms with van der Waals surface area (Å²) in [6.45, 7) is 0.497. The Labute approximate surface area is 227 Å². The first-order valence-corrected chi connectivity index (χ1v) is 13.0. The van der Waals surface area contributed by atoms with Crippen molar-refractivity contribution < 1.29 is 9.53 Å². The Bertz CT molecular complexity index is 1230. The molecule has 0 atom stereocenters. The topological polar surface area (TPSA) is 50.7 Å². The molecule has 1 aliphatic heterocycles. The first-order valence-electron chi connectivity index (χ1n) is 9.30. The van der Waals surface area contributed by atoms with E-state index in [0.717, 1.165) is 24.0 Å². The smallest absolute Gasteiger partial charge is 0.264 e. The Kier molecular flexibility index (Phi) is 8.04. The van der Waals surface area contributed by atoms with Gasteiger partial charge in [0.05, 0.1) is 27.8 Å². The van der Waals surface area contributed by atoms with Crippen LogP contribution in [0.5, 0.6) is 5.75 Å². The summed E-state index contributed by atoms with van der Waals surface area (Å²) in [4.78, 5) is 17.4. The fraction of sp³-hybridized carbons (Fsp3) is 0.0435. The van der Waals surface area contributed by atoms with Gasteiger partial charge in [-0.15, -0.1) is 0 Å². The number of nitrogens with zero attached hydrogens (tertiary/aromatic N) is 1. The standard InChI is InChI=1S/C23H14Cl2I2N2O2S/c24-15-7-4-8-18(20(15)25)28-23-29-22(30)19(32-23)11-14-9-16(26)21(17(27)10-14)31-12-13-5-2-1-3-6-13/h1-11H,12H2,(H,28,29,30)/b19-11-. The number of amides is 1. The summed E-state index contributed by atoms with van der Waals surface area (Å²) in [6.07, 6.45) is 1.84. The summed E-state index contributed by atoms with van der Waals surface area (Å²) >= 11 is 18.0. The average molecular weight is 707 g/mol. The number of ether oxygens (including phenoxy) is 1. The number of hydrogen-bond donors (Lipinski definition) is 1. The second-order valence-electron chi connectivity index (χ2n) is 6.64. The highest BCUT2D eigenvalue weighted by Crippen LogP contribution is 2.35. The fourth-order valence-electron chi connectivity index (χ4n) is 2.85. The van der Waals surface area contributed by atoms with Gasteiger partial charge in [-0.25, -0.2) is 4.99 Å².